The monoisotopic (exact) mass is 344 g/mol. The summed E-state index contributed by atoms with van der Waals surface area (Å²) in [6, 6.07) is 7.10. The highest BCUT2D eigenvalue weighted by Crippen LogP contribution is 2.39. The largest absolute Gasteiger partial charge is 0.364 e. The van der Waals surface area contributed by atoms with Crippen molar-refractivity contribution in [3.63, 3.8) is 0 Å². The summed E-state index contributed by atoms with van der Waals surface area (Å²) in [5.74, 6) is 0. The third-order valence-electron chi connectivity index (χ3n) is 4.60. The number of hydrogen-bond donors (Lipinski definition) is 1. The number of fused-ring (bicyclic) bond motifs is 1. The average Bonchev–Trinajstić information content (AvgIpc) is 2.77. The fourth-order valence-corrected chi connectivity index (χ4v) is 4.91. The van der Waals surface area contributed by atoms with Gasteiger partial charge in [-0.1, -0.05) is 36.1 Å². The quantitative estimate of drug-likeness (QED) is 0.754. The van der Waals surface area contributed by atoms with Gasteiger partial charge in [0.25, 0.3) is 0 Å². The lowest BCUT2D eigenvalue weighted by Crippen LogP contribution is -2.44. The molecule has 1 N–H and O–H groups in total. The second kappa shape index (κ2) is 5.99. The number of thioether (sulfide) groups is 1. The van der Waals surface area contributed by atoms with Crippen LogP contribution >= 0.6 is 24.0 Å². The first-order valence-electron chi connectivity index (χ1n) is 8.13. The standard InChI is InChI=1S/C19H24N2S2/c1-6-21-16-8-7-14(10-17-13(3)20-18(22)23-17)9-15(16)12(2)11-19(21,4)5/h7-11,13H,6H2,1-5H3,(H,20,22)/b17-10-. The molecule has 2 aliphatic heterocycles. The van der Waals surface area contributed by atoms with E-state index in [1.54, 1.807) is 11.8 Å². The summed E-state index contributed by atoms with van der Waals surface area (Å²) in [7, 11) is 0. The molecular weight excluding hydrogens is 320 g/mol. The van der Waals surface area contributed by atoms with Crippen molar-refractivity contribution in [2.24, 2.45) is 0 Å². The van der Waals surface area contributed by atoms with Crippen LogP contribution in [0.1, 0.15) is 45.7 Å². The summed E-state index contributed by atoms with van der Waals surface area (Å²) in [5.41, 5.74) is 5.34. The lowest BCUT2D eigenvalue weighted by molar-refractivity contribution is 0.566. The van der Waals surface area contributed by atoms with Crippen LogP contribution in [0.4, 0.5) is 5.69 Å². The molecule has 3 rings (SSSR count). The van der Waals surface area contributed by atoms with Crippen molar-refractivity contribution in [3.05, 3.63) is 40.3 Å². The van der Waals surface area contributed by atoms with Crippen LogP contribution in [-0.4, -0.2) is 22.4 Å². The summed E-state index contributed by atoms with van der Waals surface area (Å²) in [5, 5.41) is 3.29. The van der Waals surface area contributed by atoms with Crippen molar-refractivity contribution < 1.29 is 0 Å². The van der Waals surface area contributed by atoms with Gasteiger partial charge in [-0.2, -0.15) is 0 Å². The van der Waals surface area contributed by atoms with Crippen LogP contribution in [-0.2, 0) is 0 Å². The zero-order chi connectivity index (χ0) is 16.8. The van der Waals surface area contributed by atoms with Crippen molar-refractivity contribution in [1.82, 2.24) is 5.32 Å². The Labute approximate surface area is 149 Å². The minimum absolute atomic E-state index is 0.0672. The van der Waals surface area contributed by atoms with Crippen molar-refractivity contribution in [3.8, 4) is 0 Å². The molecule has 1 saturated heterocycles. The van der Waals surface area contributed by atoms with E-state index in [4.69, 9.17) is 12.2 Å². The van der Waals surface area contributed by atoms with E-state index >= 15 is 0 Å². The Morgan fingerprint density at radius 2 is 2.13 bits per heavy atom. The Balaban J connectivity index is 2.02. The number of rotatable bonds is 2. The Kier molecular flexibility index (Phi) is 4.32. The van der Waals surface area contributed by atoms with Crippen LogP contribution in [0, 0.1) is 0 Å². The van der Waals surface area contributed by atoms with Crippen LogP contribution in [0.25, 0.3) is 11.6 Å². The predicted octanol–water partition coefficient (Wildman–Crippen LogP) is 5.06. The van der Waals surface area contributed by atoms with E-state index in [-0.39, 0.29) is 5.54 Å². The minimum Gasteiger partial charge on any atom is -0.364 e. The second-order valence-corrected chi connectivity index (χ2v) is 8.55. The van der Waals surface area contributed by atoms with Gasteiger partial charge >= 0.3 is 0 Å². The number of likely N-dealkylation sites (N-methyl/N-ethyl adjacent to an activating group) is 1. The van der Waals surface area contributed by atoms with E-state index in [0.29, 0.717) is 6.04 Å². The first-order chi connectivity index (χ1) is 10.8. The molecule has 0 spiro atoms. The first kappa shape index (κ1) is 16.6. The second-order valence-electron chi connectivity index (χ2n) is 6.80. The molecule has 4 heteroatoms. The Hall–Kier alpha value is -1.26. The molecule has 0 amide bonds. The maximum atomic E-state index is 5.26. The number of hydrogen-bond acceptors (Lipinski definition) is 3. The highest BCUT2D eigenvalue weighted by molar-refractivity contribution is 8.26. The lowest BCUT2D eigenvalue weighted by atomic mass is 9.88. The van der Waals surface area contributed by atoms with E-state index in [9.17, 15) is 0 Å². The highest BCUT2D eigenvalue weighted by atomic mass is 32.2. The van der Waals surface area contributed by atoms with E-state index in [1.165, 1.54) is 27.3 Å². The minimum atomic E-state index is 0.0672. The molecule has 0 saturated carbocycles. The zero-order valence-electron chi connectivity index (χ0n) is 14.4. The summed E-state index contributed by atoms with van der Waals surface area (Å²) in [6.07, 6.45) is 4.63. The van der Waals surface area contributed by atoms with Crippen LogP contribution in [0.15, 0.2) is 29.2 Å². The number of nitrogens with zero attached hydrogens (tertiary/aromatic N) is 1. The fraction of sp³-hybridized carbons (Fsp3) is 0.421. The van der Waals surface area contributed by atoms with Crippen LogP contribution in [0.5, 0.6) is 0 Å². The fourth-order valence-electron chi connectivity index (χ4n) is 3.56. The van der Waals surface area contributed by atoms with Gasteiger partial charge < -0.3 is 10.2 Å². The third-order valence-corrected chi connectivity index (χ3v) is 5.98. The zero-order valence-corrected chi connectivity index (χ0v) is 16.1. The molecule has 1 aromatic rings. The number of allylic oxidation sites excluding steroid dienone is 1. The normalized spacial score (nSPS) is 24.5. The van der Waals surface area contributed by atoms with Gasteiger partial charge in [0, 0.05) is 22.7 Å². The molecule has 0 radical (unpaired) electrons. The van der Waals surface area contributed by atoms with Gasteiger partial charge in [0.05, 0.1) is 11.6 Å². The summed E-state index contributed by atoms with van der Waals surface area (Å²) < 4.78 is 0.872. The molecule has 0 aliphatic carbocycles. The van der Waals surface area contributed by atoms with Gasteiger partial charge in [-0.25, -0.2) is 0 Å². The topological polar surface area (TPSA) is 15.3 Å². The van der Waals surface area contributed by atoms with Crippen LogP contribution in [0.3, 0.4) is 0 Å². The Bertz CT molecular complexity index is 716. The number of thiocarbonyl (C=S) groups is 1. The van der Waals surface area contributed by atoms with E-state index < -0.39 is 0 Å². The molecule has 2 heterocycles. The SMILES string of the molecule is CCN1c2ccc(/C=C3\SC(=S)NC3C)cc2C(C)=CC1(C)C. The molecule has 1 aromatic carbocycles. The van der Waals surface area contributed by atoms with Gasteiger partial charge in [-0.05, 0) is 64.0 Å². The van der Waals surface area contributed by atoms with Gasteiger partial charge in [-0.3, -0.25) is 0 Å². The maximum Gasteiger partial charge on any atom is 0.138 e. The summed E-state index contributed by atoms with van der Waals surface area (Å²) >= 11 is 6.92. The molecular formula is C19H24N2S2. The highest BCUT2D eigenvalue weighted by Gasteiger charge is 2.30. The first-order valence-corrected chi connectivity index (χ1v) is 9.36. The van der Waals surface area contributed by atoms with Gasteiger partial charge in [0.15, 0.2) is 0 Å². The molecule has 0 bridgehead atoms. The Morgan fingerprint density at radius 3 is 2.74 bits per heavy atom. The van der Waals surface area contributed by atoms with E-state index in [0.717, 1.165) is 10.9 Å². The lowest BCUT2D eigenvalue weighted by Gasteiger charge is -2.42. The summed E-state index contributed by atoms with van der Waals surface area (Å²) in [6.45, 7) is 12.2. The molecule has 1 unspecified atom stereocenters. The van der Waals surface area contributed by atoms with Gasteiger partial charge in [0.2, 0.25) is 0 Å². The van der Waals surface area contributed by atoms with Gasteiger partial charge in [-0.15, -0.1) is 0 Å². The summed E-state index contributed by atoms with van der Waals surface area (Å²) in [4.78, 5) is 3.76. The molecule has 2 nitrogen and oxygen atoms in total. The predicted molar refractivity (Wildman–Crippen MR) is 108 cm³/mol. The third kappa shape index (κ3) is 3.07. The van der Waals surface area contributed by atoms with Crippen LogP contribution in [0.2, 0.25) is 0 Å². The van der Waals surface area contributed by atoms with Gasteiger partial charge in [0.1, 0.15) is 4.32 Å². The van der Waals surface area contributed by atoms with Crippen LogP contribution < -0.4 is 10.2 Å². The number of nitrogens with one attached hydrogen (secondary N) is 1. The van der Waals surface area contributed by atoms with Crippen molar-refractivity contribution in [2.75, 3.05) is 11.4 Å². The molecule has 1 atom stereocenters. The number of benzene rings is 1. The molecule has 1 fully saturated rings. The van der Waals surface area contributed by atoms with Crippen molar-refractivity contribution >= 4 is 45.6 Å². The Morgan fingerprint density at radius 1 is 1.39 bits per heavy atom. The molecule has 23 heavy (non-hydrogen) atoms. The number of anilines is 1. The molecule has 0 aromatic heterocycles. The smallest absolute Gasteiger partial charge is 0.138 e. The molecule has 122 valence electrons. The van der Waals surface area contributed by atoms with Crippen molar-refractivity contribution in [1.29, 1.82) is 0 Å². The van der Waals surface area contributed by atoms with E-state index in [2.05, 4.69) is 75.2 Å². The molecule has 2 aliphatic rings. The average molecular weight is 345 g/mol. The van der Waals surface area contributed by atoms with E-state index in [1.807, 2.05) is 0 Å². The maximum absolute atomic E-state index is 5.26. The van der Waals surface area contributed by atoms with Crippen molar-refractivity contribution in [2.45, 2.75) is 46.2 Å².